The number of hydrogen-bond donors (Lipinski definition) is 1. The first-order chi connectivity index (χ1) is 14.5. The Morgan fingerprint density at radius 2 is 1.87 bits per heavy atom. The molecule has 0 bridgehead atoms. The molecule has 3 aromatic rings. The molecule has 0 aliphatic heterocycles. The lowest BCUT2D eigenvalue weighted by atomic mass is 10.1. The number of fused-ring (bicyclic) bond motifs is 1. The van der Waals surface area contributed by atoms with E-state index in [9.17, 15) is 9.59 Å². The molecule has 0 fully saturated rings. The number of nitrogens with one attached hydrogen (secondary N) is 1. The lowest BCUT2D eigenvalue weighted by Gasteiger charge is -2.22. The number of amides is 1. The van der Waals surface area contributed by atoms with E-state index in [1.54, 1.807) is 17.7 Å². The van der Waals surface area contributed by atoms with E-state index in [2.05, 4.69) is 12.2 Å². The minimum absolute atomic E-state index is 0.207. The number of anilines is 1. The van der Waals surface area contributed by atoms with Crippen molar-refractivity contribution in [3.8, 4) is 5.75 Å². The highest BCUT2D eigenvalue weighted by Crippen LogP contribution is 2.29. The maximum Gasteiger partial charge on any atom is 0.252 e. The first-order valence-electron chi connectivity index (χ1n) is 10.6. The van der Waals surface area contributed by atoms with Gasteiger partial charge in [-0.3, -0.25) is 14.2 Å². The number of ether oxygens (including phenoxy) is 1. The van der Waals surface area contributed by atoms with E-state index in [1.807, 2.05) is 56.3 Å². The number of methoxy groups -OCH3 is 1. The molecule has 1 aromatic heterocycles. The molecule has 1 unspecified atom stereocenters. The summed E-state index contributed by atoms with van der Waals surface area (Å²) in [6.45, 7) is 5.98. The molecular weight excluding hydrogens is 376 g/mol. The van der Waals surface area contributed by atoms with Gasteiger partial charge in [-0.25, -0.2) is 0 Å². The topological polar surface area (TPSA) is 60.3 Å². The van der Waals surface area contributed by atoms with Crippen molar-refractivity contribution in [3.63, 3.8) is 0 Å². The molecule has 0 spiro atoms. The van der Waals surface area contributed by atoms with Crippen molar-refractivity contribution in [2.24, 2.45) is 0 Å². The summed E-state index contributed by atoms with van der Waals surface area (Å²) in [5.74, 6) is 0.372. The zero-order valence-corrected chi connectivity index (χ0v) is 18.2. The van der Waals surface area contributed by atoms with E-state index in [1.165, 1.54) is 5.56 Å². The van der Waals surface area contributed by atoms with E-state index in [0.717, 1.165) is 35.9 Å². The molecule has 0 saturated heterocycles. The molecule has 0 saturated carbocycles. The van der Waals surface area contributed by atoms with Crippen LogP contribution in [0.1, 0.15) is 50.3 Å². The number of benzene rings is 2. The molecule has 5 heteroatoms. The van der Waals surface area contributed by atoms with E-state index in [4.69, 9.17) is 4.74 Å². The molecule has 0 aliphatic carbocycles. The summed E-state index contributed by atoms with van der Waals surface area (Å²) in [5.41, 5.74) is 3.30. The number of aromatic nitrogens is 1. The molecule has 1 atom stereocenters. The third-order valence-electron chi connectivity index (χ3n) is 5.50. The molecule has 0 aliphatic rings. The summed E-state index contributed by atoms with van der Waals surface area (Å²) < 4.78 is 7.09. The molecule has 3 rings (SSSR count). The molecule has 1 N–H and O–H groups in total. The van der Waals surface area contributed by atoms with Crippen LogP contribution < -0.4 is 15.6 Å². The van der Waals surface area contributed by atoms with Gasteiger partial charge in [0, 0.05) is 17.1 Å². The van der Waals surface area contributed by atoms with Gasteiger partial charge in [0.25, 0.3) is 5.56 Å². The van der Waals surface area contributed by atoms with Crippen LogP contribution in [0.25, 0.3) is 10.9 Å². The van der Waals surface area contributed by atoms with Crippen LogP contribution in [0.15, 0.2) is 53.3 Å². The van der Waals surface area contributed by atoms with Crippen LogP contribution in [0.5, 0.6) is 5.75 Å². The van der Waals surface area contributed by atoms with Crippen molar-refractivity contribution in [2.45, 2.75) is 52.5 Å². The number of carbonyl (C=O) groups excluding carboxylic acids is 1. The number of aryl methyl sites for hydroxylation is 2. The smallest absolute Gasteiger partial charge is 0.252 e. The second kappa shape index (κ2) is 9.61. The monoisotopic (exact) mass is 406 g/mol. The second-order valence-electron chi connectivity index (χ2n) is 7.61. The predicted molar refractivity (Wildman–Crippen MR) is 123 cm³/mol. The van der Waals surface area contributed by atoms with Crippen molar-refractivity contribution in [3.05, 3.63) is 70.0 Å². The Labute approximate surface area is 177 Å². The first-order valence-corrected chi connectivity index (χ1v) is 10.6. The lowest BCUT2D eigenvalue weighted by Crippen LogP contribution is -2.33. The summed E-state index contributed by atoms with van der Waals surface area (Å²) in [7, 11) is 1.58. The van der Waals surface area contributed by atoms with Crippen molar-refractivity contribution < 1.29 is 9.53 Å². The molecule has 2 aromatic carbocycles. The average molecular weight is 407 g/mol. The number of carbonyl (C=O) groups is 1. The van der Waals surface area contributed by atoms with Crippen molar-refractivity contribution in [2.75, 3.05) is 12.4 Å². The van der Waals surface area contributed by atoms with E-state index >= 15 is 0 Å². The highest BCUT2D eigenvalue weighted by Gasteiger charge is 2.24. The first kappa shape index (κ1) is 21.6. The second-order valence-corrected chi connectivity index (χ2v) is 7.61. The zero-order valence-electron chi connectivity index (χ0n) is 18.2. The largest absolute Gasteiger partial charge is 0.495 e. The number of unbranched alkanes of at least 4 members (excludes halogenated alkanes) is 1. The van der Waals surface area contributed by atoms with Gasteiger partial charge in [-0.1, -0.05) is 44.5 Å². The number of pyridine rings is 1. The SMILES string of the molecule is CCCCc1ccc(NC(=O)C(CC)n2c(=O)cc(C)c3cccc(OC)c32)cc1. The number of hydrogen-bond acceptors (Lipinski definition) is 3. The maximum absolute atomic E-state index is 13.2. The van der Waals surface area contributed by atoms with Gasteiger partial charge >= 0.3 is 0 Å². The maximum atomic E-state index is 13.2. The highest BCUT2D eigenvalue weighted by atomic mass is 16.5. The molecule has 5 nitrogen and oxygen atoms in total. The average Bonchev–Trinajstić information content (AvgIpc) is 2.75. The van der Waals surface area contributed by atoms with E-state index in [-0.39, 0.29) is 11.5 Å². The van der Waals surface area contributed by atoms with Gasteiger partial charge in [0.05, 0.1) is 12.6 Å². The fraction of sp³-hybridized carbons (Fsp3) is 0.360. The Morgan fingerprint density at radius 1 is 1.13 bits per heavy atom. The predicted octanol–water partition coefficient (Wildman–Crippen LogP) is 5.25. The molecule has 158 valence electrons. The van der Waals surface area contributed by atoms with Gasteiger partial charge in [0.15, 0.2) is 0 Å². The highest BCUT2D eigenvalue weighted by molar-refractivity contribution is 5.96. The summed E-state index contributed by atoms with van der Waals surface area (Å²) in [6.07, 6.45) is 3.82. The van der Waals surface area contributed by atoms with E-state index in [0.29, 0.717) is 17.7 Å². The Bertz CT molecular complexity index is 1080. The quantitative estimate of drug-likeness (QED) is 0.556. The van der Waals surface area contributed by atoms with Crippen molar-refractivity contribution in [1.29, 1.82) is 0 Å². The number of nitrogens with zero attached hydrogens (tertiary/aromatic N) is 1. The lowest BCUT2D eigenvalue weighted by molar-refractivity contribution is -0.119. The Kier molecular flexibility index (Phi) is 6.93. The van der Waals surface area contributed by atoms with Gasteiger partial charge in [-0.05, 0) is 55.5 Å². The molecule has 0 radical (unpaired) electrons. The van der Waals surface area contributed by atoms with E-state index < -0.39 is 6.04 Å². The number of rotatable bonds is 8. The van der Waals surface area contributed by atoms with Gasteiger partial charge in [-0.2, -0.15) is 0 Å². The van der Waals surface area contributed by atoms with Crippen LogP contribution in [-0.2, 0) is 11.2 Å². The molecule has 1 heterocycles. The minimum atomic E-state index is -0.642. The van der Waals surface area contributed by atoms with Crippen molar-refractivity contribution >= 4 is 22.5 Å². The van der Waals surface area contributed by atoms with Gasteiger partial charge in [0.2, 0.25) is 5.91 Å². The summed E-state index contributed by atoms with van der Waals surface area (Å²) in [5, 5.41) is 3.88. The minimum Gasteiger partial charge on any atom is -0.495 e. The fourth-order valence-corrected chi connectivity index (χ4v) is 3.85. The zero-order chi connectivity index (χ0) is 21.7. The van der Waals surface area contributed by atoms with Crippen LogP contribution in [0.3, 0.4) is 0 Å². The molecule has 1 amide bonds. The van der Waals surface area contributed by atoms with Crippen molar-refractivity contribution in [1.82, 2.24) is 4.57 Å². The van der Waals surface area contributed by atoms with Crippen LogP contribution >= 0.6 is 0 Å². The Hall–Kier alpha value is -3.08. The van der Waals surface area contributed by atoms with Crippen LogP contribution in [-0.4, -0.2) is 17.6 Å². The summed E-state index contributed by atoms with van der Waals surface area (Å²) in [6, 6.07) is 14.5. The Balaban J connectivity index is 1.97. The van der Waals surface area contributed by atoms with Gasteiger partial charge < -0.3 is 10.1 Å². The third-order valence-corrected chi connectivity index (χ3v) is 5.50. The van der Waals surface area contributed by atoms with Crippen LogP contribution in [0.2, 0.25) is 0 Å². The standard InChI is InChI=1S/C25H30N2O3/c1-5-7-9-18-12-14-19(15-13-18)26-25(29)21(6-2)27-23(28)16-17(3)20-10-8-11-22(30-4)24(20)27/h8,10-16,21H,5-7,9H2,1-4H3,(H,26,29). The Morgan fingerprint density at radius 3 is 2.50 bits per heavy atom. The summed E-state index contributed by atoms with van der Waals surface area (Å²) in [4.78, 5) is 26.1. The fourth-order valence-electron chi connectivity index (χ4n) is 3.85. The normalized spacial score (nSPS) is 12.0. The third kappa shape index (κ3) is 4.40. The number of para-hydroxylation sites is 1. The summed E-state index contributed by atoms with van der Waals surface area (Å²) >= 11 is 0. The molecular formula is C25H30N2O3. The molecule has 30 heavy (non-hydrogen) atoms. The van der Waals surface area contributed by atoms with Gasteiger partial charge in [-0.15, -0.1) is 0 Å². The van der Waals surface area contributed by atoms with Crippen LogP contribution in [0.4, 0.5) is 5.69 Å². The van der Waals surface area contributed by atoms with Gasteiger partial charge in [0.1, 0.15) is 11.8 Å². The van der Waals surface area contributed by atoms with Crippen LogP contribution in [0, 0.1) is 6.92 Å².